The predicted molar refractivity (Wildman–Crippen MR) is 123 cm³/mol. The Morgan fingerprint density at radius 2 is 2.03 bits per heavy atom. The highest BCUT2D eigenvalue weighted by atomic mass is 32.2. The number of benzene rings is 2. The minimum Gasteiger partial charge on any atom is -0.493 e. The maximum absolute atomic E-state index is 13.6. The molecule has 0 spiro atoms. The summed E-state index contributed by atoms with van der Waals surface area (Å²) in [5, 5.41) is 0. The van der Waals surface area contributed by atoms with Crippen LogP contribution in [0, 0.1) is 5.82 Å². The van der Waals surface area contributed by atoms with Gasteiger partial charge in [-0.05, 0) is 81.2 Å². The van der Waals surface area contributed by atoms with Crippen molar-refractivity contribution < 1.29 is 22.2 Å². The summed E-state index contributed by atoms with van der Waals surface area (Å²) < 4.78 is 50.5. The van der Waals surface area contributed by atoms with Crippen LogP contribution in [0.2, 0.25) is 0 Å². The van der Waals surface area contributed by atoms with Crippen LogP contribution in [0.4, 0.5) is 4.39 Å². The Morgan fingerprint density at radius 3 is 2.81 bits per heavy atom. The van der Waals surface area contributed by atoms with Gasteiger partial charge in [0.2, 0.25) is 9.84 Å². The van der Waals surface area contributed by atoms with Crippen LogP contribution in [-0.4, -0.2) is 72.2 Å². The molecule has 4 rings (SSSR count). The summed E-state index contributed by atoms with van der Waals surface area (Å²) in [6.45, 7) is 3.70. The number of hydrogen-bond acceptors (Lipinski definition) is 6. The van der Waals surface area contributed by atoms with E-state index in [-0.39, 0.29) is 9.79 Å². The fourth-order valence-corrected chi connectivity index (χ4v) is 6.01. The number of hydrogen-bond donors (Lipinski definition) is 0. The molecule has 2 unspecified atom stereocenters. The Morgan fingerprint density at radius 1 is 1.22 bits per heavy atom. The van der Waals surface area contributed by atoms with E-state index >= 15 is 0 Å². The minimum absolute atomic E-state index is 0.0492. The summed E-state index contributed by atoms with van der Waals surface area (Å²) in [7, 11) is 0.667. The van der Waals surface area contributed by atoms with Crippen LogP contribution in [0.3, 0.4) is 0 Å². The lowest BCUT2D eigenvalue weighted by atomic mass is 9.90. The molecule has 32 heavy (non-hydrogen) atoms. The Hall–Kier alpha value is -1.94. The van der Waals surface area contributed by atoms with Crippen LogP contribution in [0.25, 0.3) is 0 Å². The van der Waals surface area contributed by atoms with Crippen LogP contribution in [-0.2, 0) is 14.5 Å². The number of nitrogens with zero attached hydrogens (tertiary/aromatic N) is 2. The van der Waals surface area contributed by atoms with E-state index in [0.717, 1.165) is 50.5 Å². The van der Waals surface area contributed by atoms with E-state index in [2.05, 4.69) is 16.8 Å². The largest absolute Gasteiger partial charge is 0.493 e. The molecular weight excluding hydrogens is 430 g/mol. The fourth-order valence-electron chi connectivity index (χ4n) is 4.70. The molecule has 0 saturated carbocycles. The van der Waals surface area contributed by atoms with E-state index in [1.165, 1.54) is 18.2 Å². The summed E-state index contributed by atoms with van der Waals surface area (Å²) in [5.74, 6) is 0.385. The number of sulfone groups is 1. The van der Waals surface area contributed by atoms with E-state index in [1.807, 2.05) is 6.07 Å². The third kappa shape index (κ3) is 5.01. The fraction of sp³-hybridized carbons (Fsp3) is 0.478. The summed E-state index contributed by atoms with van der Waals surface area (Å²) in [6.07, 6.45) is 3.07. The van der Waals surface area contributed by atoms with Crippen LogP contribution < -0.4 is 4.74 Å². The first-order chi connectivity index (χ1) is 15.4. The highest BCUT2D eigenvalue weighted by molar-refractivity contribution is 7.91. The Kier molecular flexibility index (Phi) is 7.19. The zero-order valence-corrected chi connectivity index (χ0v) is 19.5. The molecule has 2 aromatic rings. The molecule has 0 bridgehead atoms. The first kappa shape index (κ1) is 23.2. The molecular formula is C23H30BFN2O4S. The van der Waals surface area contributed by atoms with Crippen LogP contribution in [0.1, 0.15) is 30.7 Å². The number of fused-ring (bicyclic) bond motifs is 1. The first-order valence-corrected chi connectivity index (χ1v) is 12.6. The second kappa shape index (κ2) is 9.91. The van der Waals surface area contributed by atoms with Gasteiger partial charge in [0.1, 0.15) is 11.6 Å². The van der Waals surface area contributed by atoms with Gasteiger partial charge in [0.25, 0.3) is 0 Å². The summed E-state index contributed by atoms with van der Waals surface area (Å²) in [6, 6.07) is 10.7. The molecule has 2 aromatic carbocycles. The molecule has 0 amide bonds. The van der Waals surface area contributed by atoms with Gasteiger partial charge < -0.3 is 19.1 Å². The van der Waals surface area contributed by atoms with Crippen molar-refractivity contribution in [1.82, 2.24) is 9.71 Å². The van der Waals surface area contributed by atoms with Gasteiger partial charge >= 0.3 is 7.62 Å². The van der Waals surface area contributed by atoms with Crippen molar-refractivity contribution in [1.29, 1.82) is 0 Å². The molecule has 6 nitrogen and oxygen atoms in total. The van der Waals surface area contributed by atoms with E-state index in [1.54, 1.807) is 19.2 Å². The number of rotatable bonds is 8. The Bertz CT molecular complexity index is 1050. The Labute approximate surface area is 190 Å². The van der Waals surface area contributed by atoms with Crippen molar-refractivity contribution >= 4 is 17.5 Å². The zero-order valence-electron chi connectivity index (χ0n) is 18.7. The third-order valence-corrected chi connectivity index (χ3v) is 8.31. The topological polar surface area (TPSA) is 59.1 Å². The van der Waals surface area contributed by atoms with Crippen molar-refractivity contribution in [3.8, 4) is 5.75 Å². The molecule has 0 radical (unpaired) electrons. The predicted octanol–water partition coefficient (Wildman–Crippen LogP) is 2.83. The van der Waals surface area contributed by atoms with Gasteiger partial charge in [0, 0.05) is 19.7 Å². The van der Waals surface area contributed by atoms with Crippen LogP contribution in [0.5, 0.6) is 5.75 Å². The van der Waals surface area contributed by atoms with Gasteiger partial charge in [-0.1, -0.05) is 12.1 Å². The standard InChI is InChI=1S/C23H30BFN2O4S/c1-26(24-30-2)19-9-12-27(16-19)11-8-17-10-13-31-23-15-21(6-7-22(17)23)32(28,29)20-5-3-4-18(25)14-20/h3-7,14-15,17,19,24H,8-13,16H2,1-2H3. The first-order valence-electron chi connectivity index (χ1n) is 11.1. The van der Waals surface area contributed by atoms with Gasteiger partial charge in [-0.25, -0.2) is 12.8 Å². The number of likely N-dealkylation sites (N-methyl/N-ethyl adjacent to an activating group) is 1. The molecule has 0 aliphatic carbocycles. The van der Waals surface area contributed by atoms with E-state index < -0.39 is 15.7 Å². The number of ether oxygens (including phenoxy) is 1. The SMILES string of the molecule is COBN(C)C1CCN(CCC2CCOc3cc(S(=O)(=O)c4cccc(F)c4)ccc32)C1. The summed E-state index contributed by atoms with van der Waals surface area (Å²) in [5.41, 5.74) is 1.06. The van der Waals surface area contributed by atoms with Crippen molar-refractivity contribution in [2.75, 3.05) is 40.4 Å². The molecule has 0 aromatic heterocycles. The smallest absolute Gasteiger partial charge is 0.363 e. The molecule has 2 atom stereocenters. The number of halogens is 1. The second-order valence-electron chi connectivity index (χ2n) is 8.70. The van der Waals surface area contributed by atoms with Gasteiger partial charge in [0.15, 0.2) is 0 Å². The number of likely N-dealkylation sites (tertiary alicyclic amines) is 1. The molecule has 1 saturated heterocycles. The van der Waals surface area contributed by atoms with Crippen LogP contribution in [0.15, 0.2) is 52.3 Å². The molecule has 0 N–H and O–H groups in total. The van der Waals surface area contributed by atoms with Gasteiger partial charge in [-0.2, -0.15) is 0 Å². The van der Waals surface area contributed by atoms with Crippen molar-refractivity contribution in [2.45, 2.75) is 41.0 Å². The average molecular weight is 460 g/mol. The highest BCUT2D eigenvalue weighted by Crippen LogP contribution is 2.38. The van der Waals surface area contributed by atoms with Crippen molar-refractivity contribution in [3.63, 3.8) is 0 Å². The maximum atomic E-state index is 13.6. The lowest BCUT2D eigenvalue weighted by Gasteiger charge is -2.28. The van der Waals surface area contributed by atoms with Crippen molar-refractivity contribution in [3.05, 3.63) is 53.8 Å². The average Bonchev–Trinajstić information content (AvgIpc) is 3.26. The van der Waals surface area contributed by atoms with Gasteiger partial charge in [-0.3, -0.25) is 0 Å². The normalized spacial score (nSPS) is 21.4. The highest BCUT2D eigenvalue weighted by Gasteiger charge is 2.29. The quantitative estimate of drug-likeness (QED) is 0.565. The summed E-state index contributed by atoms with van der Waals surface area (Å²) >= 11 is 0. The zero-order chi connectivity index (χ0) is 22.7. The van der Waals surface area contributed by atoms with Gasteiger partial charge in [0.05, 0.1) is 16.4 Å². The van der Waals surface area contributed by atoms with Crippen LogP contribution >= 0.6 is 0 Å². The Balaban J connectivity index is 1.44. The molecule has 2 aliphatic heterocycles. The van der Waals surface area contributed by atoms with Crippen molar-refractivity contribution in [2.24, 2.45) is 0 Å². The summed E-state index contributed by atoms with van der Waals surface area (Å²) in [4.78, 5) is 4.83. The molecule has 2 heterocycles. The minimum atomic E-state index is -3.80. The molecule has 2 aliphatic rings. The second-order valence-corrected chi connectivity index (χ2v) is 10.7. The lowest BCUT2D eigenvalue weighted by molar-refractivity contribution is 0.241. The lowest BCUT2D eigenvalue weighted by Crippen LogP contribution is -2.38. The molecule has 9 heteroatoms. The monoisotopic (exact) mass is 460 g/mol. The van der Waals surface area contributed by atoms with Gasteiger partial charge in [-0.15, -0.1) is 0 Å². The maximum Gasteiger partial charge on any atom is 0.363 e. The van der Waals surface area contributed by atoms with E-state index in [4.69, 9.17) is 9.39 Å². The third-order valence-electron chi connectivity index (χ3n) is 6.56. The molecule has 1 fully saturated rings. The van der Waals surface area contributed by atoms with E-state index in [9.17, 15) is 12.8 Å². The van der Waals surface area contributed by atoms with E-state index in [0.29, 0.717) is 31.9 Å². The molecule has 172 valence electrons.